The molecule has 3 aromatic rings. The first-order chi connectivity index (χ1) is 15.3. The molecule has 0 bridgehead atoms. The van der Waals surface area contributed by atoms with Crippen molar-refractivity contribution in [1.29, 1.82) is 0 Å². The fourth-order valence-electron chi connectivity index (χ4n) is 3.00. The summed E-state index contributed by atoms with van der Waals surface area (Å²) in [6, 6.07) is 15.4. The van der Waals surface area contributed by atoms with Crippen molar-refractivity contribution >= 4 is 34.9 Å². The van der Waals surface area contributed by atoms with Crippen LogP contribution in [0.1, 0.15) is 44.9 Å². The normalized spacial score (nSPS) is 12.4. The third kappa shape index (κ3) is 6.23. The summed E-state index contributed by atoms with van der Waals surface area (Å²) >= 11 is 1.46. The van der Waals surface area contributed by atoms with Crippen LogP contribution in [-0.4, -0.2) is 22.8 Å². The lowest BCUT2D eigenvalue weighted by Gasteiger charge is -2.19. The molecule has 0 aliphatic rings. The standard InChI is InChI=1S/C24H28N2O4S2/c1-24(2,3)17-11-13-20(14-12-17)32(28)26-23-22(21(30-25-23)10-5-6-15-27)31-19-9-7-8-18(16-19)29-4/h7-9,11-16H,5-6,10H2,1-4H3,(H,25,26). The molecule has 8 heteroatoms. The summed E-state index contributed by atoms with van der Waals surface area (Å²) < 4.78 is 26.9. The molecule has 1 aromatic heterocycles. The number of aldehydes is 1. The number of hydrogen-bond donors (Lipinski definition) is 1. The van der Waals surface area contributed by atoms with E-state index in [1.54, 1.807) is 7.11 Å². The molecule has 0 amide bonds. The summed E-state index contributed by atoms with van der Waals surface area (Å²) in [5.41, 5.74) is 1.20. The number of hydrogen-bond acceptors (Lipinski definition) is 6. The molecule has 2 aromatic carbocycles. The van der Waals surface area contributed by atoms with Crippen LogP contribution in [0.5, 0.6) is 5.75 Å². The molecule has 6 nitrogen and oxygen atoms in total. The van der Waals surface area contributed by atoms with Gasteiger partial charge < -0.3 is 14.1 Å². The monoisotopic (exact) mass is 472 g/mol. The van der Waals surface area contributed by atoms with Gasteiger partial charge in [-0.1, -0.05) is 55.9 Å². The number of aryl methyl sites for hydroxylation is 1. The Labute approximate surface area is 195 Å². The maximum absolute atomic E-state index is 13.0. The molecule has 0 radical (unpaired) electrons. The van der Waals surface area contributed by atoms with Crippen molar-refractivity contribution in [2.24, 2.45) is 0 Å². The molecule has 0 fully saturated rings. The summed E-state index contributed by atoms with van der Waals surface area (Å²) in [6.07, 6.45) is 2.55. The van der Waals surface area contributed by atoms with Crippen LogP contribution in [0.15, 0.2) is 67.7 Å². The van der Waals surface area contributed by atoms with E-state index in [4.69, 9.17) is 9.26 Å². The average Bonchev–Trinajstić information content (AvgIpc) is 3.14. The van der Waals surface area contributed by atoms with Crippen molar-refractivity contribution in [2.75, 3.05) is 11.8 Å². The second-order valence-electron chi connectivity index (χ2n) is 8.27. The quantitative estimate of drug-likeness (QED) is 0.297. The SMILES string of the molecule is COc1cccc(Sc2c(NS(=O)c3ccc(C(C)(C)C)cc3)noc2CCCC=O)c1. The molecule has 170 valence electrons. The highest BCUT2D eigenvalue weighted by molar-refractivity contribution is 7.99. The van der Waals surface area contributed by atoms with Crippen molar-refractivity contribution in [2.45, 2.75) is 60.1 Å². The lowest BCUT2D eigenvalue weighted by molar-refractivity contribution is -0.107. The summed E-state index contributed by atoms with van der Waals surface area (Å²) in [4.78, 5) is 13.1. The summed E-state index contributed by atoms with van der Waals surface area (Å²) in [6.45, 7) is 6.42. The molecule has 3 rings (SSSR count). The van der Waals surface area contributed by atoms with E-state index >= 15 is 0 Å². The number of nitrogens with zero attached hydrogens (tertiary/aromatic N) is 1. The van der Waals surface area contributed by atoms with Gasteiger partial charge in [-0.15, -0.1) is 0 Å². The highest BCUT2D eigenvalue weighted by Crippen LogP contribution is 2.38. The number of carbonyl (C=O) groups is 1. The van der Waals surface area contributed by atoms with Gasteiger partial charge in [-0.05, 0) is 47.7 Å². The van der Waals surface area contributed by atoms with Crippen molar-refractivity contribution in [3.05, 3.63) is 59.9 Å². The fourth-order valence-corrected chi connectivity index (χ4v) is 4.88. The Kier molecular flexibility index (Phi) is 8.15. The summed E-state index contributed by atoms with van der Waals surface area (Å²) in [5.74, 6) is 1.81. The first kappa shape index (κ1) is 24.1. The van der Waals surface area contributed by atoms with E-state index in [1.165, 1.54) is 17.3 Å². The number of carbonyl (C=O) groups excluding carboxylic acids is 1. The minimum atomic E-state index is -1.50. The Bertz CT molecular complexity index is 1070. The smallest absolute Gasteiger partial charge is 0.195 e. The van der Waals surface area contributed by atoms with E-state index < -0.39 is 11.0 Å². The van der Waals surface area contributed by atoms with Gasteiger partial charge in [0.05, 0.1) is 12.0 Å². The molecule has 32 heavy (non-hydrogen) atoms. The second kappa shape index (κ2) is 10.8. The van der Waals surface area contributed by atoms with Crippen LogP contribution in [-0.2, 0) is 27.6 Å². The zero-order chi connectivity index (χ0) is 23.1. The van der Waals surface area contributed by atoms with Gasteiger partial charge in [-0.25, -0.2) is 4.21 Å². The lowest BCUT2D eigenvalue weighted by Crippen LogP contribution is -2.11. The molecule has 0 aliphatic carbocycles. The predicted molar refractivity (Wildman–Crippen MR) is 128 cm³/mol. The molecule has 0 spiro atoms. The van der Waals surface area contributed by atoms with Crippen molar-refractivity contribution < 1.29 is 18.3 Å². The molecular formula is C24H28N2O4S2. The van der Waals surface area contributed by atoms with E-state index in [0.29, 0.717) is 35.7 Å². The minimum Gasteiger partial charge on any atom is -0.497 e. The third-order valence-corrected chi connectivity index (χ3v) is 7.02. The van der Waals surface area contributed by atoms with Gasteiger partial charge in [0.1, 0.15) is 16.9 Å². The number of benzene rings is 2. The Morgan fingerprint density at radius 3 is 2.59 bits per heavy atom. The number of rotatable bonds is 10. The van der Waals surface area contributed by atoms with Gasteiger partial charge >= 0.3 is 0 Å². The van der Waals surface area contributed by atoms with Crippen molar-refractivity contribution in [3.8, 4) is 5.75 Å². The number of ether oxygens (including phenoxy) is 1. The Balaban J connectivity index is 1.84. The third-order valence-electron chi connectivity index (χ3n) is 4.83. The molecule has 1 unspecified atom stereocenters. The van der Waals surface area contributed by atoms with Crippen LogP contribution in [0, 0.1) is 0 Å². The van der Waals surface area contributed by atoms with Crippen LogP contribution in [0.4, 0.5) is 5.82 Å². The highest BCUT2D eigenvalue weighted by Gasteiger charge is 2.20. The van der Waals surface area contributed by atoms with E-state index in [0.717, 1.165) is 21.8 Å². The van der Waals surface area contributed by atoms with E-state index in [2.05, 4.69) is 30.6 Å². The lowest BCUT2D eigenvalue weighted by atomic mass is 9.87. The number of methoxy groups -OCH3 is 1. The van der Waals surface area contributed by atoms with Gasteiger partial charge in [-0.3, -0.25) is 4.72 Å². The van der Waals surface area contributed by atoms with E-state index in [1.807, 2.05) is 48.5 Å². The number of anilines is 1. The zero-order valence-electron chi connectivity index (χ0n) is 18.7. The number of nitrogens with one attached hydrogen (secondary N) is 1. The summed E-state index contributed by atoms with van der Waals surface area (Å²) in [5, 5.41) is 4.14. The zero-order valence-corrected chi connectivity index (χ0v) is 20.3. The van der Waals surface area contributed by atoms with E-state index in [9.17, 15) is 9.00 Å². The Morgan fingerprint density at radius 2 is 1.94 bits per heavy atom. The van der Waals surface area contributed by atoms with Gasteiger partial charge in [-0.2, -0.15) is 0 Å². The maximum atomic E-state index is 13.0. The molecule has 0 aliphatic heterocycles. The van der Waals surface area contributed by atoms with Gasteiger partial charge in [0, 0.05) is 17.7 Å². The Morgan fingerprint density at radius 1 is 1.19 bits per heavy atom. The molecule has 1 atom stereocenters. The maximum Gasteiger partial charge on any atom is 0.195 e. The average molecular weight is 473 g/mol. The van der Waals surface area contributed by atoms with Gasteiger partial charge in [0.2, 0.25) is 0 Å². The van der Waals surface area contributed by atoms with Crippen LogP contribution < -0.4 is 9.46 Å². The molecule has 0 saturated heterocycles. The Hall–Kier alpha value is -2.58. The number of unbranched alkanes of at least 4 members (excludes halogenated alkanes) is 1. The molecule has 1 heterocycles. The second-order valence-corrected chi connectivity index (χ2v) is 10.6. The van der Waals surface area contributed by atoms with Crippen LogP contribution in [0.3, 0.4) is 0 Å². The highest BCUT2D eigenvalue weighted by atomic mass is 32.2. The summed E-state index contributed by atoms with van der Waals surface area (Å²) in [7, 11) is 0.116. The number of aromatic nitrogens is 1. The van der Waals surface area contributed by atoms with Crippen LogP contribution in [0.25, 0.3) is 0 Å². The minimum absolute atomic E-state index is 0.0243. The first-order valence-corrected chi connectivity index (χ1v) is 12.3. The largest absolute Gasteiger partial charge is 0.497 e. The first-order valence-electron chi connectivity index (χ1n) is 10.3. The molecular weight excluding hydrogens is 444 g/mol. The van der Waals surface area contributed by atoms with Crippen LogP contribution in [0.2, 0.25) is 0 Å². The fraction of sp³-hybridized carbons (Fsp3) is 0.333. The van der Waals surface area contributed by atoms with E-state index in [-0.39, 0.29) is 5.41 Å². The topological polar surface area (TPSA) is 81.4 Å². The van der Waals surface area contributed by atoms with Crippen LogP contribution >= 0.6 is 11.8 Å². The van der Waals surface area contributed by atoms with Crippen molar-refractivity contribution in [3.63, 3.8) is 0 Å². The molecule has 1 N–H and O–H groups in total. The van der Waals surface area contributed by atoms with Gasteiger partial charge in [0.15, 0.2) is 22.6 Å². The molecule has 0 saturated carbocycles. The predicted octanol–water partition coefficient (Wildman–Crippen LogP) is 5.79. The van der Waals surface area contributed by atoms with Gasteiger partial charge in [0.25, 0.3) is 0 Å². The van der Waals surface area contributed by atoms with Crippen molar-refractivity contribution in [1.82, 2.24) is 5.16 Å².